The van der Waals surface area contributed by atoms with Crippen molar-refractivity contribution in [2.45, 2.75) is 4.90 Å². The second-order valence-corrected chi connectivity index (χ2v) is 5.02. The normalized spacial score (nSPS) is 10.2. The molecule has 1 heterocycles. The molecule has 0 aliphatic carbocycles. The molecule has 5 nitrogen and oxygen atoms in total. The lowest BCUT2D eigenvalue weighted by Gasteiger charge is -2.01. The molecular formula is C10H10N4OS2. The van der Waals surface area contributed by atoms with E-state index in [2.05, 4.69) is 15.5 Å². The molecule has 2 aromatic rings. The van der Waals surface area contributed by atoms with Crippen molar-refractivity contribution in [3.8, 4) is 0 Å². The number of carbonyl (C=O) groups is 1. The summed E-state index contributed by atoms with van der Waals surface area (Å²) in [5.74, 6) is -0.214. The molecule has 0 aliphatic heterocycles. The van der Waals surface area contributed by atoms with Crippen LogP contribution in [0.5, 0.6) is 0 Å². The first kappa shape index (κ1) is 11.9. The van der Waals surface area contributed by atoms with Gasteiger partial charge in [0, 0.05) is 10.5 Å². The predicted molar refractivity (Wildman–Crippen MR) is 70.5 cm³/mol. The fourth-order valence-corrected chi connectivity index (χ4v) is 2.11. The Bertz CT molecular complexity index is 523. The second-order valence-electron chi connectivity index (χ2n) is 3.13. The molecule has 0 radical (unpaired) electrons. The largest absolute Gasteiger partial charge is 0.374 e. The number of nitrogen functional groups attached to an aromatic ring is 1. The monoisotopic (exact) mass is 266 g/mol. The first-order valence-corrected chi connectivity index (χ1v) is 6.77. The molecule has 0 atom stereocenters. The average molecular weight is 266 g/mol. The Morgan fingerprint density at radius 2 is 2.06 bits per heavy atom. The number of benzene rings is 1. The van der Waals surface area contributed by atoms with E-state index in [-0.39, 0.29) is 5.91 Å². The maximum absolute atomic E-state index is 11.8. The second kappa shape index (κ2) is 5.15. The first-order valence-electron chi connectivity index (χ1n) is 4.73. The van der Waals surface area contributed by atoms with E-state index < -0.39 is 0 Å². The van der Waals surface area contributed by atoms with Crippen molar-refractivity contribution >= 4 is 39.3 Å². The van der Waals surface area contributed by atoms with Crippen LogP contribution in [-0.2, 0) is 0 Å². The fourth-order valence-electron chi connectivity index (χ4n) is 1.20. The van der Waals surface area contributed by atoms with Gasteiger partial charge >= 0.3 is 0 Å². The standard InChI is InChI=1S/C10H10N4OS2/c1-16-7-4-2-6(3-5-7)8(15)12-10-14-13-9(11)17-10/h2-5H,1H3,(H2,11,13)(H,12,14,15). The molecule has 3 N–H and O–H groups in total. The van der Waals surface area contributed by atoms with Crippen LogP contribution in [0.15, 0.2) is 29.2 Å². The number of nitrogens with zero attached hydrogens (tertiary/aromatic N) is 2. The number of amides is 1. The summed E-state index contributed by atoms with van der Waals surface area (Å²) in [5.41, 5.74) is 6.00. The molecule has 0 aliphatic rings. The van der Waals surface area contributed by atoms with Crippen LogP contribution in [0.2, 0.25) is 0 Å². The molecule has 2 rings (SSSR count). The SMILES string of the molecule is CSc1ccc(C(=O)Nc2nnc(N)s2)cc1. The van der Waals surface area contributed by atoms with Crippen molar-refractivity contribution in [3.05, 3.63) is 29.8 Å². The average Bonchev–Trinajstić information content (AvgIpc) is 2.75. The highest BCUT2D eigenvalue weighted by molar-refractivity contribution is 7.98. The molecule has 1 amide bonds. The Balaban J connectivity index is 2.09. The number of nitrogens with one attached hydrogen (secondary N) is 1. The van der Waals surface area contributed by atoms with E-state index in [1.165, 1.54) is 0 Å². The van der Waals surface area contributed by atoms with Crippen molar-refractivity contribution in [1.82, 2.24) is 10.2 Å². The van der Waals surface area contributed by atoms with Gasteiger partial charge in [-0.3, -0.25) is 10.1 Å². The van der Waals surface area contributed by atoms with Crippen LogP contribution < -0.4 is 11.1 Å². The molecule has 1 aromatic carbocycles. The Morgan fingerprint density at radius 3 is 2.59 bits per heavy atom. The third-order valence-corrected chi connectivity index (χ3v) is 3.42. The van der Waals surface area contributed by atoms with E-state index in [4.69, 9.17) is 5.73 Å². The number of rotatable bonds is 3. The number of carbonyl (C=O) groups excluding carboxylic acids is 1. The molecule has 7 heteroatoms. The van der Waals surface area contributed by atoms with Crippen molar-refractivity contribution in [3.63, 3.8) is 0 Å². The summed E-state index contributed by atoms with van der Waals surface area (Å²) in [7, 11) is 0. The van der Waals surface area contributed by atoms with Crippen LogP contribution in [0.25, 0.3) is 0 Å². The molecule has 88 valence electrons. The van der Waals surface area contributed by atoms with Gasteiger partial charge in [0.25, 0.3) is 5.91 Å². The van der Waals surface area contributed by atoms with Gasteiger partial charge in [-0.15, -0.1) is 22.0 Å². The summed E-state index contributed by atoms with van der Waals surface area (Å²) in [4.78, 5) is 12.9. The van der Waals surface area contributed by atoms with E-state index in [1.54, 1.807) is 23.9 Å². The van der Waals surface area contributed by atoms with Gasteiger partial charge < -0.3 is 5.73 Å². The molecule has 0 spiro atoms. The van der Waals surface area contributed by atoms with E-state index in [0.717, 1.165) is 16.2 Å². The van der Waals surface area contributed by atoms with Crippen molar-refractivity contribution < 1.29 is 4.79 Å². The topological polar surface area (TPSA) is 80.9 Å². The van der Waals surface area contributed by atoms with Crippen LogP contribution in [0.4, 0.5) is 10.3 Å². The highest BCUT2D eigenvalue weighted by atomic mass is 32.2. The van der Waals surface area contributed by atoms with E-state index >= 15 is 0 Å². The van der Waals surface area contributed by atoms with E-state index in [1.807, 2.05) is 18.4 Å². The zero-order chi connectivity index (χ0) is 12.3. The zero-order valence-electron chi connectivity index (χ0n) is 9.01. The van der Waals surface area contributed by atoms with Crippen LogP contribution >= 0.6 is 23.1 Å². The van der Waals surface area contributed by atoms with Gasteiger partial charge in [0.05, 0.1) is 0 Å². The van der Waals surface area contributed by atoms with Gasteiger partial charge in [0.15, 0.2) is 0 Å². The lowest BCUT2D eigenvalue weighted by molar-refractivity contribution is 0.102. The number of hydrogen-bond donors (Lipinski definition) is 2. The molecule has 0 saturated carbocycles. The highest BCUT2D eigenvalue weighted by Gasteiger charge is 2.08. The molecule has 17 heavy (non-hydrogen) atoms. The lowest BCUT2D eigenvalue weighted by Crippen LogP contribution is -2.11. The molecule has 0 bridgehead atoms. The Morgan fingerprint density at radius 1 is 1.35 bits per heavy atom. The minimum Gasteiger partial charge on any atom is -0.374 e. The molecule has 0 unspecified atom stereocenters. The highest BCUT2D eigenvalue weighted by Crippen LogP contribution is 2.18. The summed E-state index contributed by atoms with van der Waals surface area (Å²) < 4.78 is 0. The fraction of sp³-hybridized carbons (Fsp3) is 0.100. The lowest BCUT2D eigenvalue weighted by atomic mass is 10.2. The predicted octanol–water partition coefficient (Wildman–Crippen LogP) is 2.09. The molecule has 1 aromatic heterocycles. The van der Waals surface area contributed by atoms with E-state index in [9.17, 15) is 4.79 Å². The molecular weight excluding hydrogens is 256 g/mol. The first-order chi connectivity index (χ1) is 8.19. The van der Waals surface area contributed by atoms with Gasteiger partial charge in [-0.1, -0.05) is 11.3 Å². The summed E-state index contributed by atoms with van der Waals surface area (Å²) in [5, 5.41) is 10.7. The van der Waals surface area contributed by atoms with Gasteiger partial charge in [-0.2, -0.15) is 0 Å². The van der Waals surface area contributed by atoms with Crippen LogP contribution in [-0.4, -0.2) is 22.4 Å². The van der Waals surface area contributed by atoms with Crippen LogP contribution in [0, 0.1) is 0 Å². The summed E-state index contributed by atoms with van der Waals surface area (Å²) >= 11 is 2.77. The number of aromatic nitrogens is 2. The Hall–Kier alpha value is -1.60. The minimum atomic E-state index is -0.214. The Labute approximate surface area is 106 Å². The number of anilines is 2. The number of hydrogen-bond acceptors (Lipinski definition) is 6. The molecule has 0 fully saturated rings. The maximum Gasteiger partial charge on any atom is 0.257 e. The zero-order valence-corrected chi connectivity index (χ0v) is 10.6. The minimum absolute atomic E-state index is 0.214. The van der Waals surface area contributed by atoms with Crippen molar-refractivity contribution in [2.75, 3.05) is 17.3 Å². The van der Waals surface area contributed by atoms with Gasteiger partial charge in [-0.05, 0) is 30.5 Å². The Kier molecular flexibility index (Phi) is 3.60. The smallest absolute Gasteiger partial charge is 0.257 e. The summed E-state index contributed by atoms with van der Waals surface area (Å²) in [6.45, 7) is 0. The van der Waals surface area contributed by atoms with Gasteiger partial charge in [0.2, 0.25) is 10.3 Å². The maximum atomic E-state index is 11.8. The van der Waals surface area contributed by atoms with Crippen molar-refractivity contribution in [2.24, 2.45) is 0 Å². The number of thioether (sulfide) groups is 1. The third kappa shape index (κ3) is 2.95. The third-order valence-electron chi connectivity index (χ3n) is 2.01. The van der Waals surface area contributed by atoms with Crippen LogP contribution in [0.3, 0.4) is 0 Å². The quantitative estimate of drug-likeness (QED) is 0.831. The van der Waals surface area contributed by atoms with Gasteiger partial charge in [0.1, 0.15) is 0 Å². The van der Waals surface area contributed by atoms with Crippen molar-refractivity contribution in [1.29, 1.82) is 0 Å². The van der Waals surface area contributed by atoms with Gasteiger partial charge in [-0.25, -0.2) is 0 Å². The van der Waals surface area contributed by atoms with E-state index in [0.29, 0.717) is 15.8 Å². The van der Waals surface area contributed by atoms with Crippen LogP contribution in [0.1, 0.15) is 10.4 Å². The summed E-state index contributed by atoms with van der Waals surface area (Å²) in [6, 6.07) is 7.33. The number of nitrogens with two attached hydrogens (primary N) is 1. The summed E-state index contributed by atoms with van der Waals surface area (Å²) in [6.07, 6.45) is 1.99. The molecule has 0 saturated heterocycles.